The SMILES string of the molecule is COc1cccc(Nc2ncc3c(n2)CCN(Cc2cc(OC)ccc2OC)C3)c1.Cl. The molecule has 2 aromatic carbocycles. The number of hydrogen-bond acceptors (Lipinski definition) is 7. The van der Waals surface area contributed by atoms with Gasteiger partial charge in [-0.1, -0.05) is 6.07 Å². The zero-order chi connectivity index (χ0) is 20.9. The molecule has 0 fully saturated rings. The highest BCUT2D eigenvalue weighted by Crippen LogP contribution is 2.28. The Morgan fingerprint density at radius 1 is 1.00 bits per heavy atom. The number of fused-ring (bicyclic) bond motifs is 1. The predicted molar refractivity (Wildman–Crippen MR) is 123 cm³/mol. The van der Waals surface area contributed by atoms with E-state index in [9.17, 15) is 0 Å². The molecule has 4 rings (SSSR count). The lowest BCUT2D eigenvalue weighted by molar-refractivity contribution is 0.239. The Bertz CT molecular complexity index is 1030. The predicted octanol–water partition coefficient (Wildman–Crippen LogP) is 4.23. The van der Waals surface area contributed by atoms with Crippen LogP contribution < -0.4 is 19.5 Å². The molecule has 0 amide bonds. The summed E-state index contributed by atoms with van der Waals surface area (Å²) in [7, 11) is 5.03. The van der Waals surface area contributed by atoms with E-state index < -0.39 is 0 Å². The molecule has 1 aliphatic rings. The van der Waals surface area contributed by atoms with E-state index >= 15 is 0 Å². The maximum Gasteiger partial charge on any atom is 0.227 e. The summed E-state index contributed by atoms with van der Waals surface area (Å²) < 4.78 is 16.2. The van der Waals surface area contributed by atoms with Crippen LogP contribution in [0.4, 0.5) is 11.6 Å². The molecule has 1 aliphatic heterocycles. The van der Waals surface area contributed by atoms with Crippen LogP contribution in [-0.4, -0.2) is 42.7 Å². The highest BCUT2D eigenvalue weighted by Gasteiger charge is 2.20. The molecule has 2 heterocycles. The molecule has 0 radical (unpaired) electrons. The lowest BCUT2D eigenvalue weighted by Gasteiger charge is -2.28. The number of benzene rings is 2. The van der Waals surface area contributed by atoms with Gasteiger partial charge in [-0.2, -0.15) is 0 Å². The molecule has 31 heavy (non-hydrogen) atoms. The summed E-state index contributed by atoms with van der Waals surface area (Å²) in [4.78, 5) is 11.6. The average molecular weight is 443 g/mol. The lowest BCUT2D eigenvalue weighted by atomic mass is 10.1. The van der Waals surface area contributed by atoms with Gasteiger partial charge in [0.1, 0.15) is 17.2 Å². The summed E-state index contributed by atoms with van der Waals surface area (Å²) in [6, 6.07) is 13.6. The van der Waals surface area contributed by atoms with E-state index in [1.807, 2.05) is 48.7 Å². The second-order valence-electron chi connectivity index (χ2n) is 7.16. The summed E-state index contributed by atoms with van der Waals surface area (Å²) in [5.74, 6) is 3.10. The van der Waals surface area contributed by atoms with Crippen LogP contribution in [0.3, 0.4) is 0 Å². The molecule has 0 aliphatic carbocycles. The van der Waals surface area contributed by atoms with E-state index in [1.54, 1.807) is 21.3 Å². The van der Waals surface area contributed by atoms with Crippen molar-refractivity contribution in [2.75, 3.05) is 33.2 Å². The number of halogens is 1. The van der Waals surface area contributed by atoms with Crippen molar-refractivity contribution in [2.24, 2.45) is 0 Å². The Morgan fingerprint density at radius 2 is 1.81 bits per heavy atom. The Hall–Kier alpha value is -3.03. The van der Waals surface area contributed by atoms with Crippen LogP contribution in [0.5, 0.6) is 17.2 Å². The number of nitrogens with zero attached hydrogens (tertiary/aromatic N) is 3. The average Bonchev–Trinajstić information content (AvgIpc) is 2.79. The molecule has 0 unspecified atom stereocenters. The molecule has 0 atom stereocenters. The smallest absolute Gasteiger partial charge is 0.227 e. The molecule has 1 aromatic heterocycles. The van der Waals surface area contributed by atoms with Crippen molar-refractivity contribution >= 4 is 24.0 Å². The molecule has 0 bridgehead atoms. The first kappa shape index (κ1) is 22.7. The van der Waals surface area contributed by atoms with Crippen LogP contribution in [0.1, 0.15) is 16.8 Å². The quantitative estimate of drug-likeness (QED) is 0.587. The maximum atomic E-state index is 5.52. The van der Waals surface area contributed by atoms with Gasteiger partial charge in [0.15, 0.2) is 0 Å². The molecule has 1 N–H and O–H groups in total. The summed E-state index contributed by atoms with van der Waals surface area (Å²) in [5, 5.41) is 3.26. The third kappa shape index (κ3) is 5.37. The van der Waals surface area contributed by atoms with Crippen LogP contribution in [0.25, 0.3) is 0 Å². The van der Waals surface area contributed by atoms with Crippen molar-refractivity contribution < 1.29 is 14.2 Å². The van der Waals surface area contributed by atoms with Crippen LogP contribution in [0.2, 0.25) is 0 Å². The molecular weight excluding hydrogens is 416 g/mol. The highest BCUT2D eigenvalue weighted by atomic mass is 35.5. The summed E-state index contributed by atoms with van der Waals surface area (Å²) in [6.45, 7) is 2.50. The van der Waals surface area contributed by atoms with Crippen molar-refractivity contribution in [1.29, 1.82) is 0 Å². The topological polar surface area (TPSA) is 68.7 Å². The largest absolute Gasteiger partial charge is 0.497 e. The standard InChI is InChI=1S/C23H26N4O3.ClH/c1-28-19-6-4-5-18(12-19)25-23-24-13-17-15-27(10-9-21(17)26-23)14-16-11-20(29-2)7-8-22(16)30-3;/h4-8,11-13H,9-10,14-15H2,1-3H3,(H,24,25,26);1H. The van der Waals surface area contributed by atoms with E-state index in [0.717, 1.165) is 65.8 Å². The maximum absolute atomic E-state index is 5.52. The Kier molecular flexibility index (Phi) is 7.55. The van der Waals surface area contributed by atoms with Gasteiger partial charge in [0.2, 0.25) is 5.95 Å². The Balaban J connectivity index is 0.00000272. The summed E-state index contributed by atoms with van der Waals surface area (Å²) in [6.07, 6.45) is 2.79. The third-order valence-corrected chi connectivity index (χ3v) is 5.22. The summed E-state index contributed by atoms with van der Waals surface area (Å²) >= 11 is 0. The van der Waals surface area contributed by atoms with Crippen LogP contribution >= 0.6 is 12.4 Å². The van der Waals surface area contributed by atoms with Crippen molar-refractivity contribution in [3.8, 4) is 17.2 Å². The summed E-state index contributed by atoms with van der Waals surface area (Å²) in [5.41, 5.74) is 4.25. The van der Waals surface area contributed by atoms with Gasteiger partial charge in [-0.3, -0.25) is 4.90 Å². The molecule has 7 nitrogen and oxygen atoms in total. The first-order valence-corrected chi connectivity index (χ1v) is 9.87. The van der Waals surface area contributed by atoms with Crippen molar-refractivity contribution in [3.05, 3.63) is 65.5 Å². The minimum Gasteiger partial charge on any atom is -0.497 e. The number of ether oxygens (including phenoxy) is 3. The number of rotatable bonds is 7. The molecular formula is C23H27ClN4O3. The minimum absolute atomic E-state index is 0. The molecule has 164 valence electrons. The van der Waals surface area contributed by atoms with Crippen LogP contribution in [-0.2, 0) is 19.5 Å². The molecule has 8 heteroatoms. The number of anilines is 2. The first-order valence-electron chi connectivity index (χ1n) is 9.87. The van der Waals surface area contributed by atoms with Gasteiger partial charge < -0.3 is 19.5 Å². The van der Waals surface area contributed by atoms with E-state index in [0.29, 0.717) is 5.95 Å². The number of aromatic nitrogens is 2. The van der Waals surface area contributed by atoms with E-state index in [-0.39, 0.29) is 12.4 Å². The zero-order valence-corrected chi connectivity index (χ0v) is 18.7. The highest BCUT2D eigenvalue weighted by molar-refractivity contribution is 5.85. The zero-order valence-electron chi connectivity index (χ0n) is 17.9. The van der Waals surface area contributed by atoms with Crippen molar-refractivity contribution in [3.63, 3.8) is 0 Å². The van der Waals surface area contributed by atoms with Gasteiger partial charge in [-0.25, -0.2) is 9.97 Å². The van der Waals surface area contributed by atoms with Gasteiger partial charge in [-0.15, -0.1) is 12.4 Å². The van der Waals surface area contributed by atoms with Crippen molar-refractivity contribution in [2.45, 2.75) is 19.5 Å². The van der Waals surface area contributed by atoms with Gasteiger partial charge in [0.05, 0.1) is 27.0 Å². The van der Waals surface area contributed by atoms with Crippen LogP contribution in [0.15, 0.2) is 48.7 Å². The van der Waals surface area contributed by atoms with E-state index in [2.05, 4.69) is 15.2 Å². The van der Waals surface area contributed by atoms with Gasteiger partial charge >= 0.3 is 0 Å². The second-order valence-corrected chi connectivity index (χ2v) is 7.16. The van der Waals surface area contributed by atoms with Crippen LogP contribution in [0, 0.1) is 0 Å². The number of methoxy groups -OCH3 is 3. The molecule has 0 spiro atoms. The molecule has 0 saturated carbocycles. The fraction of sp³-hybridized carbons (Fsp3) is 0.304. The number of hydrogen-bond donors (Lipinski definition) is 1. The minimum atomic E-state index is 0. The third-order valence-electron chi connectivity index (χ3n) is 5.22. The fourth-order valence-corrected chi connectivity index (χ4v) is 3.65. The molecule has 0 saturated heterocycles. The van der Waals surface area contributed by atoms with Crippen molar-refractivity contribution in [1.82, 2.24) is 14.9 Å². The normalized spacial score (nSPS) is 13.0. The second kappa shape index (κ2) is 10.3. The number of nitrogens with one attached hydrogen (secondary N) is 1. The fourth-order valence-electron chi connectivity index (χ4n) is 3.65. The monoisotopic (exact) mass is 442 g/mol. The van der Waals surface area contributed by atoms with Gasteiger partial charge in [0, 0.05) is 55.1 Å². The Labute approximate surface area is 188 Å². The Morgan fingerprint density at radius 3 is 2.58 bits per heavy atom. The van der Waals surface area contributed by atoms with E-state index in [1.165, 1.54) is 0 Å². The van der Waals surface area contributed by atoms with E-state index in [4.69, 9.17) is 19.2 Å². The first-order chi connectivity index (χ1) is 14.7. The molecule has 3 aromatic rings. The van der Waals surface area contributed by atoms with Gasteiger partial charge in [0.25, 0.3) is 0 Å². The lowest BCUT2D eigenvalue weighted by Crippen LogP contribution is -2.31. The van der Waals surface area contributed by atoms with Gasteiger partial charge in [-0.05, 0) is 30.3 Å².